The third-order valence-corrected chi connectivity index (χ3v) is 4.83. The molecule has 0 aromatic rings. The lowest BCUT2D eigenvalue weighted by Crippen LogP contribution is -2.62. The van der Waals surface area contributed by atoms with Crippen molar-refractivity contribution in [3.05, 3.63) is 23.4 Å². The molecule has 0 radical (unpaired) electrons. The van der Waals surface area contributed by atoms with E-state index in [4.69, 9.17) is 9.47 Å². The number of carbonyl (C=O) groups excluding carboxylic acids is 2. The zero-order chi connectivity index (χ0) is 24.1. The molecule has 1 fully saturated rings. The number of ether oxygens (including phenoxy) is 2. The van der Waals surface area contributed by atoms with E-state index in [-0.39, 0.29) is 30.9 Å². The average molecular weight is 447 g/mol. The first-order valence-electron chi connectivity index (χ1n) is 9.88. The quantitative estimate of drug-likeness (QED) is 0.363. The fraction of sp³-hybridized carbons (Fsp3) is 0.667. The molecule has 0 aromatic carbocycles. The van der Waals surface area contributed by atoms with Crippen LogP contribution in [0.4, 0.5) is 18.0 Å². The number of alkyl halides is 3. The highest BCUT2D eigenvalue weighted by molar-refractivity contribution is 5.80. The van der Waals surface area contributed by atoms with Crippen molar-refractivity contribution in [2.75, 3.05) is 20.2 Å². The van der Waals surface area contributed by atoms with Gasteiger partial charge < -0.3 is 14.4 Å². The van der Waals surface area contributed by atoms with Crippen molar-refractivity contribution in [1.82, 2.24) is 9.80 Å². The average Bonchev–Trinajstić information content (AvgIpc) is 2.63. The number of allylic oxidation sites excluding steroid dienone is 3. The van der Waals surface area contributed by atoms with Crippen LogP contribution >= 0.6 is 0 Å². The number of hydrogen-bond donors (Lipinski definition) is 0. The number of nitrogens with zero attached hydrogens (tertiary/aromatic N) is 3. The zero-order valence-electron chi connectivity index (χ0n) is 19.1. The van der Waals surface area contributed by atoms with Gasteiger partial charge in [0.2, 0.25) is 0 Å². The van der Waals surface area contributed by atoms with Crippen molar-refractivity contribution < 1.29 is 32.2 Å². The van der Waals surface area contributed by atoms with Gasteiger partial charge in [-0.2, -0.15) is 13.2 Å². The highest BCUT2D eigenvalue weighted by Crippen LogP contribution is 2.27. The van der Waals surface area contributed by atoms with E-state index in [2.05, 4.69) is 11.7 Å². The first kappa shape index (κ1) is 26.7. The van der Waals surface area contributed by atoms with Crippen LogP contribution in [0.25, 0.3) is 0 Å². The van der Waals surface area contributed by atoms with Crippen molar-refractivity contribution in [1.29, 1.82) is 0 Å². The highest BCUT2D eigenvalue weighted by atomic mass is 19.4. The van der Waals surface area contributed by atoms with Crippen LogP contribution in [-0.4, -0.2) is 78.7 Å². The predicted octanol–water partition coefficient (Wildman–Crippen LogP) is 3.95. The van der Waals surface area contributed by atoms with Crippen molar-refractivity contribution >= 4 is 18.8 Å². The number of piperazine rings is 1. The van der Waals surface area contributed by atoms with E-state index < -0.39 is 35.5 Å². The Bertz CT molecular complexity index is 741. The molecule has 0 bridgehead atoms. The summed E-state index contributed by atoms with van der Waals surface area (Å²) in [6.07, 6.45) is -2.99. The highest BCUT2D eigenvalue weighted by Gasteiger charge is 2.41. The summed E-state index contributed by atoms with van der Waals surface area (Å²) in [6.45, 7) is 13.8. The second-order valence-corrected chi connectivity index (χ2v) is 8.55. The molecule has 1 amide bonds. The lowest BCUT2D eigenvalue weighted by atomic mass is 10.0. The van der Waals surface area contributed by atoms with E-state index in [0.717, 1.165) is 19.1 Å². The molecule has 176 valence electrons. The molecular formula is C21H32F3N3O4. The number of rotatable bonds is 5. The summed E-state index contributed by atoms with van der Waals surface area (Å²) >= 11 is 0. The first-order valence-corrected chi connectivity index (χ1v) is 9.88. The van der Waals surface area contributed by atoms with Gasteiger partial charge in [0.1, 0.15) is 5.60 Å². The van der Waals surface area contributed by atoms with Crippen molar-refractivity contribution in [3.8, 4) is 0 Å². The molecule has 31 heavy (non-hydrogen) atoms. The summed E-state index contributed by atoms with van der Waals surface area (Å²) in [5, 5.41) is 0. The normalized spacial score (nSPS) is 22.7. The van der Waals surface area contributed by atoms with E-state index in [1.165, 1.54) is 7.11 Å². The lowest BCUT2D eigenvalue weighted by molar-refractivity contribution is -0.147. The van der Waals surface area contributed by atoms with Gasteiger partial charge in [-0.15, -0.1) is 0 Å². The van der Waals surface area contributed by atoms with Crippen molar-refractivity contribution in [2.45, 2.75) is 71.4 Å². The van der Waals surface area contributed by atoms with Gasteiger partial charge in [0.15, 0.2) is 6.04 Å². The predicted molar refractivity (Wildman–Crippen MR) is 112 cm³/mol. The van der Waals surface area contributed by atoms with Crippen molar-refractivity contribution in [2.24, 2.45) is 4.99 Å². The number of amides is 1. The molecule has 0 aromatic heterocycles. The Morgan fingerprint density at radius 3 is 2.16 bits per heavy atom. The number of methoxy groups -OCH3 is 1. The Hall–Kier alpha value is -2.36. The standard InChI is InChI=1S/C21H32F3N3O4/c1-13(21(22,23)24)9-10-16(25-7)17(18(28)30-8)26-11-15(3)27(12-14(26)2)19(29)31-20(4,5)6/h9-10,14-15,17H,7,11-12H2,1-6,8H3/b13-9+,16-10-/t14-,15+,17?/m1/s1. The smallest absolute Gasteiger partial charge is 0.412 e. The molecule has 0 saturated carbocycles. The van der Waals surface area contributed by atoms with Crippen LogP contribution in [0, 0.1) is 0 Å². The SMILES string of the molecule is C=N/C(=C\C=C(/C)C(F)(F)F)C(C(=O)OC)N1C[C@H](C)N(C(=O)OC(C)(C)C)C[C@H]1C. The van der Waals surface area contributed by atoms with Crippen LogP contribution in [0.2, 0.25) is 0 Å². The first-order chi connectivity index (χ1) is 14.1. The van der Waals surface area contributed by atoms with Crippen LogP contribution in [-0.2, 0) is 14.3 Å². The van der Waals surface area contributed by atoms with Gasteiger partial charge in [-0.1, -0.05) is 6.08 Å². The fourth-order valence-corrected chi connectivity index (χ4v) is 3.16. The third kappa shape index (κ3) is 7.37. The Labute approximate surface area is 181 Å². The van der Waals surface area contributed by atoms with Gasteiger partial charge in [0.05, 0.1) is 12.8 Å². The number of carbonyl (C=O) groups is 2. The summed E-state index contributed by atoms with van der Waals surface area (Å²) in [6, 6.07) is -1.72. The summed E-state index contributed by atoms with van der Waals surface area (Å²) in [7, 11) is 1.19. The van der Waals surface area contributed by atoms with E-state index in [1.807, 2.05) is 0 Å². The largest absolute Gasteiger partial charge is 0.468 e. The van der Waals surface area contributed by atoms with Gasteiger partial charge in [0, 0.05) is 30.7 Å². The van der Waals surface area contributed by atoms with E-state index in [9.17, 15) is 22.8 Å². The van der Waals surface area contributed by atoms with Crippen LogP contribution in [0.1, 0.15) is 41.5 Å². The maximum atomic E-state index is 12.8. The maximum Gasteiger partial charge on any atom is 0.412 e. The van der Waals surface area contributed by atoms with Gasteiger partial charge in [-0.25, -0.2) is 9.59 Å². The Morgan fingerprint density at radius 1 is 1.13 bits per heavy atom. The van der Waals surface area contributed by atoms with E-state index in [0.29, 0.717) is 0 Å². The molecule has 0 N–H and O–H groups in total. The van der Waals surface area contributed by atoms with Crippen LogP contribution in [0.15, 0.2) is 28.4 Å². The zero-order valence-corrected chi connectivity index (χ0v) is 19.1. The third-order valence-electron chi connectivity index (χ3n) is 4.83. The molecule has 7 nitrogen and oxygen atoms in total. The minimum absolute atomic E-state index is 0.0280. The van der Waals surface area contributed by atoms with Crippen LogP contribution < -0.4 is 0 Å². The van der Waals surface area contributed by atoms with Crippen molar-refractivity contribution in [3.63, 3.8) is 0 Å². The van der Waals surface area contributed by atoms with Crippen LogP contribution in [0.5, 0.6) is 0 Å². The number of halogens is 3. The topological polar surface area (TPSA) is 71.4 Å². The van der Waals surface area contributed by atoms with Gasteiger partial charge >= 0.3 is 18.2 Å². The second-order valence-electron chi connectivity index (χ2n) is 8.55. The second kappa shape index (κ2) is 10.3. The molecule has 1 aliphatic heterocycles. The molecule has 0 aliphatic carbocycles. The molecule has 1 aliphatic rings. The molecule has 0 spiro atoms. The Balaban J connectivity index is 3.22. The summed E-state index contributed by atoms with van der Waals surface area (Å²) < 4.78 is 48.9. The molecule has 1 rings (SSSR count). The Morgan fingerprint density at radius 2 is 1.71 bits per heavy atom. The number of hydrogen-bond acceptors (Lipinski definition) is 6. The molecular weight excluding hydrogens is 415 g/mol. The fourth-order valence-electron chi connectivity index (χ4n) is 3.16. The number of esters is 1. The van der Waals surface area contributed by atoms with E-state index in [1.54, 1.807) is 44.4 Å². The minimum Gasteiger partial charge on any atom is -0.468 e. The van der Waals surface area contributed by atoms with Gasteiger partial charge in [-0.05, 0) is 54.3 Å². The summed E-state index contributed by atoms with van der Waals surface area (Å²) in [5.41, 5.74) is -1.47. The molecule has 1 unspecified atom stereocenters. The van der Waals surface area contributed by atoms with Gasteiger partial charge in [0.25, 0.3) is 0 Å². The molecule has 10 heteroatoms. The monoisotopic (exact) mass is 447 g/mol. The molecule has 1 heterocycles. The Kier molecular flexibility index (Phi) is 8.86. The van der Waals surface area contributed by atoms with Crippen LogP contribution in [0.3, 0.4) is 0 Å². The minimum atomic E-state index is -4.50. The summed E-state index contributed by atoms with van der Waals surface area (Å²) in [5.74, 6) is -0.679. The van der Waals surface area contributed by atoms with E-state index >= 15 is 0 Å². The van der Waals surface area contributed by atoms with Gasteiger partial charge in [-0.3, -0.25) is 9.89 Å². The number of aliphatic imine (C=N–C) groups is 1. The summed E-state index contributed by atoms with van der Waals surface area (Å²) in [4.78, 5) is 32.2. The lowest BCUT2D eigenvalue weighted by Gasteiger charge is -2.46. The molecule has 1 saturated heterocycles. The molecule has 3 atom stereocenters. The maximum absolute atomic E-state index is 12.8.